The first-order chi connectivity index (χ1) is 12.9. The van der Waals surface area contributed by atoms with Crippen LogP contribution in [0.25, 0.3) is 0 Å². The number of nitro groups is 1. The Hall–Kier alpha value is -2.34. The molecule has 9 nitrogen and oxygen atoms in total. The lowest BCUT2D eigenvalue weighted by molar-refractivity contribution is -0.384. The van der Waals surface area contributed by atoms with Gasteiger partial charge in [0.05, 0.1) is 17.7 Å². The number of anilines is 1. The molecule has 2 rings (SSSR count). The average molecular weight is 503 g/mol. The SMILES string of the molecule is CCNC(=NCC(C)(O)c1ccco1)NCCNc1ccccc1[N+](=O)[O-].I. The van der Waals surface area contributed by atoms with Gasteiger partial charge >= 0.3 is 0 Å². The van der Waals surface area contributed by atoms with Gasteiger partial charge in [0.1, 0.15) is 17.0 Å². The van der Waals surface area contributed by atoms with Gasteiger partial charge in [-0.3, -0.25) is 10.1 Å². The summed E-state index contributed by atoms with van der Waals surface area (Å²) < 4.78 is 5.24. The van der Waals surface area contributed by atoms with Crippen LogP contribution in [0.5, 0.6) is 0 Å². The van der Waals surface area contributed by atoms with Crippen LogP contribution < -0.4 is 16.0 Å². The van der Waals surface area contributed by atoms with Crippen molar-refractivity contribution in [2.75, 3.05) is 31.5 Å². The number of guanidine groups is 1. The molecule has 0 aliphatic rings. The zero-order valence-electron chi connectivity index (χ0n) is 15.8. The largest absolute Gasteiger partial charge is 0.466 e. The van der Waals surface area contributed by atoms with Crippen molar-refractivity contribution in [3.8, 4) is 0 Å². The summed E-state index contributed by atoms with van der Waals surface area (Å²) in [4.78, 5) is 15.0. The minimum Gasteiger partial charge on any atom is -0.466 e. The minimum absolute atomic E-state index is 0. The topological polar surface area (TPSA) is 125 Å². The molecule has 2 aromatic rings. The number of para-hydroxylation sites is 2. The van der Waals surface area contributed by atoms with E-state index in [2.05, 4.69) is 20.9 Å². The number of aliphatic imine (C=N–C) groups is 1. The van der Waals surface area contributed by atoms with Crippen LogP contribution >= 0.6 is 24.0 Å². The molecule has 4 N–H and O–H groups in total. The van der Waals surface area contributed by atoms with E-state index in [0.29, 0.717) is 37.0 Å². The second-order valence-electron chi connectivity index (χ2n) is 6.07. The number of nitrogens with one attached hydrogen (secondary N) is 3. The van der Waals surface area contributed by atoms with E-state index in [9.17, 15) is 15.2 Å². The lowest BCUT2D eigenvalue weighted by Gasteiger charge is -2.19. The Bertz CT molecular complexity index is 765. The van der Waals surface area contributed by atoms with E-state index in [-0.39, 0.29) is 36.2 Å². The molecule has 0 spiro atoms. The Balaban J connectivity index is 0.00000392. The number of hydrogen-bond acceptors (Lipinski definition) is 6. The van der Waals surface area contributed by atoms with Crippen LogP contribution in [0.2, 0.25) is 0 Å². The van der Waals surface area contributed by atoms with Crippen LogP contribution in [0, 0.1) is 10.1 Å². The monoisotopic (exact) mass is 503 g/mol. The summed E-state index contributed by atoms with van der Waals surface area (Å²) in [5.41, 5.74) is -0.714. The molecule has 1 aromatic heterocycles. The van der Waals surface area contributed by atoms with E-state index in [4.69, 9.17) is 4.42 Å². The summed E-state index contributed by atoms with van der Waals surface area (Å²) in [6.45, 7) is 5.30. The highest BCUT2D eigenvalue weighted by atomic mass is 127. The van der Waals surface area contributed by atoms with Crippen LogP contribution in [0.3, 0.4) is 0 Å². The Morgan fingerprint density at radius 1 is 1.25 bits per heavy atom. The first-order valence-electron chi connectivity index (χ1n) is 8.70. The number of benzene rings is 1. The van der Waals surface area contributed by atoms with Crippen molar-refractivity contribution in [1.29, 1.82) is 0 Å². The Kier molecular flexibility index (Phi) is 9.73. The van der Waals surface area contributed by atoms with Gasteiger partial charge in [-0.25, -0.2) is 4.99 Å². The summed E-state index contributed by atoms with van der Waals surface area (Å²) in [5, 5.41) is 30.7. The number of nitrogens with zero attached hydrogens (tertiary/aromatic N) is 2. The lowest BCUT2D eigenvalue weighted by Crippen LogP contribution is -2.40. The highest BCUT2D eigenvalue weighted by Gasteiger charge is 2.26. The first kappa shape index (κ1) is 23.7. The van der Waals surface area contributed by atoms with Crippen molar-refractivity contribution in [3.63, 3.8) is 0 Å². The second kappa shape index (κ2) is 11.5. The van der Waals surface area contributed by atoms with Crippen molar-refractivity contribution in [1.82, 2.24) is 10.6 Å². The summed E-state index contributed by atoms with van der Waals surface area (Å²) in [5.74, 6) is 0.980. The Labute approximate surface area is 180 Å². The first-order valence-corrected chi connectivity index (χ1v) is 8.70. The molecule has 0 saturated carbocycles. The van der Waals surface area contributed by atoms with E-state index in [0.717, 1.165) is 0 Å². The van der Waals surface area contributed by atoms with Crippen LogP contribution in [0.4, 0.5) is 11.4 Å². The van der Waals surface area contributed by atoms with Gasteiger partial charge in [-0.15, -0.1) is 24.0 Å². The molecule has 0 radical (unpaired) electrons. The predicted octanol–water partition coefficient (Wildman–Crippen LogP) is 2.68. The lowest BCUT2D eigenvalue weighted by atomic mass is 10.0. The zero-order chi connectivity index (χ0) is 19.7. The molecule has 0 aliphatic heterocycles. The van der Waals surface area contributed by atoms with E-state index in [1.807, 2.05) is 6.92 Å². The summed E-state index contributed by atoms with van der Waals surface area (Å²) in [6.07, 6.45) is 1.51. The zero-order valence-corrected chi connectivity index (χ0v) is 18.2. The van der Waals surface area contributed by atoms with E-state index < -0.39 is 10.5 Å². The van der Waals surface area contributed by atoms with Gasteiger partial charge < -0.3 is 25.5 Å². The summed E-state index contributed by atoms with van der Waals surface area (Å²) >= 11 is 0. The standard InChI is InChI=1S/C18H25N5O4.HI/c1-3-19-17(22-13-18(2,24)16-9-6-12-27-16)21-11-10-20-14-7-4-5-8-15(14)23(25)26;/h4-9,12,20,24H,3,10-11,13H2,1-2H3,(H2,19,21,22);1H. The van der Waals surface area contributed by atoms with Gasteiger partial charge in [0.15, 0.2) is 5.96 Å². The van der Waals surface area contributed by atoms with Gasteiger partial charge in [-0.1, -0.05) is 12.1 Å². The molecule has 1 atom stereocenters. The maximum atomic E-state index is 11.0. The van der Waals surface area contributed by atoms with Crippen molar-refractivity contribution >= 4 is 41.3 Å². The maximum absolute atomic E-state index is 11.0. The fraction of sp³-hybridized carbons (Fsp3) is 0.389. The van der Waals surface area contributed by atoms with Crippen LogP contribution in [0.1, 0.15) is 19.6 Å². The molecule has 1 aromatic carbocycles. The molecule has 1 unspecified atom stereocenters. The highest BCUT2D eigenvalue weighted by molar-refractivity contribution is 14.0. The summed E-state index contributed by atoms with van der Waals surface area (Å²) in [6, 6.07) is 9.90. The third kappa shape index (κ3) is 7.00. The van der Waals surface area contributed by atoms with Crippen LogP contribution in [0.15, 0.2) is 52.1 Å². The summed E-state index contributed by atoms with van der Waals surface area (Å²) in [7, 11) is 0. The number of furan rings is 1. The molecular weight excluding hydrogens is 477 g/mol. The fourth-order valence-corrected chi connectivity index (χ4v) is 2.40. The third-order valence-electron chi connectivity index (χ3n) is 3.77. The molecule has 0 saturated heterocycles. The van der Waals surface area contributed by atoms with Crippen LogP contribution in [-0.2, 0) is 5.60 Å². The number of nitro benzene ring substituents is 1. The Morgan fingerprint density at radius 3 is 2.64 bits per heavy atom. The van der Waals surface area contributed by atoms with Gasteiger partial charge in [-0.05, 0) is 32.0 Å². The van der Waals surface area contributed by atoms with Gasteiger partial charge in [-0.2, -0.15) is 0 Å². The molecule has 0 fully saturated rings. The van der Waals surface area contributed by atoms with E-state index in [1.54, 1.807) is 37.3 Å². The molecule has 1 heterocycles. The molecule has 0 bridgehead atoms. The number of hydrogen-bond donors (Lipinski definition) is 4. The average Bonchev–Trinajstić information content (AvgIpc) is 3.19. The predicted molar refractivity (Wildman–Crippen MR) is 119 cm³/mol. The van der Waals surface area contributed by atoms with Gasteiger partial charge in [0.2, 0.25) is 0 Å². The number of rotatable bonds is 9. The second-order valence-corrected chi connectivity index (χ2v) is 6.07. The molecule has 28 heavy (non-hydrogen) atoms. The van der Waals surface area contributed by atoms with Crippen molar-refractivity contribution in [3.05, 3.63) is 58.5 Å². The third-order valence-corrected chi connectivity index (χ3v) is 3.77. The van der Waals surface area contributed by atoms with Crippen molar-refractivity contribution in [2.24, 2.45) is 4.99 Å². The molecule has 0 amide bonds. The van der Waals surface area contributed by atoms with E-state index in [1.165, 1.54) is 12.3 Å². The highest BCUT2D eigenvalue weighted by Crippen LogP contribution is 2.22. The molecular formula is C18H26IN5O4. The minimum atomic E-state index is -1.21. The molecule has 154 valence electrons. The van der Waals surface area contributed by atoms with Crippen molar-refractivity contribution in [2.45, 2.75) is 19.4 Å². The molecule has 0 aliphatic carbocycles. The Morgan fingerprint density at radius 2 is 2.00 bits per heavy atom. The van der Waals surface area contributed by atoms with Crippen LogP contribution in [-0.4, -0.2) is 42.2 Å². The maximum Gasteiger partial charge on any atom is 0.292 e. The normalized spacial score (nSPS) is 13.2. The number of halogens is 1. The van der Waals surface area contributed by atoms with Gasteiger partial charge in [0, 0.05) is 25.7 Å². The number of aliphatic hydroxyl groups is 1. The quantitative estimate of drug-likeness (QED) is 0.104. The van der Waals surface area contributed by atoms with Gasteiger partial charge in [0.25, 0.3) is 5.69 Å². The van der Waals surface area contributed by atoms with E-state index >= 15 is 0 Å². The smallest absolute Gasteiger partial charge is 0.292 e. The molecule has 10 heteroatoms. The van der Waals surface area contributed by atoms with Crippen molar-refractivity contribution < 1.29 is 14.4 Å². The fourth-order valence-electron chi connectivity index (χ4n) is 2.40.